The molecule has 1 N–H and O–H groups in total. The maximum absolute atomic E-state index is 13.1. The van der Waals surface area contributed by atoms with Crippen LogP contribution in [0, 0.1) is 0 Å². The Balaban J connectivity index is 1.98. The molecular weight excluding hydrogens is 383 g/mol. The Kier molecular flexibility index (Phi) is 3.71. The third-order valence-corrected chi connectivity index (χ3v) is 5.55. The predicted octanol–water partition coefficient (Wildman–Crippen LogP) is 4.76. The number of anilines is 1. The molecule has 7 heteroatoms. The summed E-state index contributed by atoms with van der Waals surface area (Å²) in [6.07, 6.45) is 2.18. The molecule has 1 aliphatic carbocycles. The Morgan fingerprint density at radius 3 is 2.63 bits per heavy atom. The van der Waals surface area contributed by atoms with E-state index in [-0.39, 0.29) is 5.69 Å². The van der Waals surface area contributed by atoms with Crippen molar-refractivity contribution in [1.29, 1.82) is 0 Å². The predicted molar refractivity (Wildman–Crippen MR) is 110 cm³/mol. The van der Waals surface area contributed by atoms with Gasteiger partial charge in [0.2, 0.25) is 0 Å². The van der Waals surface area contributed by atoms with Crippen LogP contribution in [0.2, 0.25) is 10.0 Å². The maximum Gasteiger partial charge on any atom is 0.354 e. The van der Waals surface area contributed by atoms with Crippen LogP contribution < -0.4 is 11.0 Å². The summed E-state index contributed by atoms with van der Waals surface area (Å²) < 4.78 is 3.62. The first-order chi connectivity index (χ1) is 13.0. The number of fused-ring (bicyclic) bond motifs is 3. The number of aryl methyl sites for hydroxylation is 1. The average Bonchev–Trinajstić information content (AvgIpc) is 3.41. The number of rotatable bonds is 3. The van der Waals surface area contributed by atoms with E-state index in [1.165, 1.54) is 0 Å². The molecule has 0 atom stereocenters. The fraction of sp³-hybridized carbons (Fsp3) is 0.200. The van der Waals surface area contributed by atoms with Crippen LogP contribution in [0.1, 0.15) is 12.8 Å². The molecule has 1 aliphatic rings. The molecule has 1 saturated carbocycles. The summed E-state index contributed by atoms with van der Waals surface area (Å²) in [5.74, 6) is 0.607. The largest absolute Gasteiger partial charge is 0.365 e. The zero-order chi connectivity index (χ0) is 18.7. The lowest BCUT2D eigenvalue weighted by Crippen LogP contribution is -2.24. The summed E-state index contributed by atoms with van der Waals surface area (Å²) in [7, 11) is 1.97. The summed E-state index contributed by atoms with van der Waals surface area (Å²) in [4.78, 5) is 17.4. The summed E-state index contributed by atoms with van der Waals surface area (Å²) in [6.45, 7) is 0. The van der Waals surface area contributed by atoms with Crippen molar-refractivity contribution in [3.8, 4) is 5.69 Å². The van der Waals surface area contributed by atoms with Crippen LogP contribution in [0.25, 0.3) is 27.6 Å². The fourth-order valence-electron chi connectivity index (χ4n) is 3.57. The molecule has 0 aliphatic heterocycles. The zero-order valence-electron chi connectivity index (χ0n) is 14.5. The molecule has 2 aromatic heterocycles. The number of halogens is 2. The van der Waals surface area contributed by atoms with Gasteiger partial charge >= 0.3 is 5.69 Å². The van der Waals surface area contributed by atoms with Gasteiger partial charge in [0.1, 0.15) is 5.52 Å². The smallest absolute Gasteiger partial charge is 0.354 e. The lowest BCUT2D eigenvalue weighted by atomic mass is 10.2. The molecule has 0 amide bonds. The molecule has 136 valence electrons. The van der Waals surface area contributed by atoms with Crippen LogP contribution in [-0.4, -0.2) is 20.2 Å². The normalized spacial score (nSPS) is 14.2. The minimum Gasteiger partial charge on any atom is -0.365 e. The third-order valence-electron chi connectivity index (χ3n) is 4.99. The van der Waals surface area contributed by atoms with Crippen molar-refractivity contribution < 1.29 is 0 Å². The Labute approximate surface area is 165 Å². The first-order valence-corrected chi connectivity index (χ1v) is 9.52. The van der Waals surface area contributed by atoms with Gasteiger partial charge in [0.15, 0.2) is 5.82 Å². The third kappa shape index (κ3) is 2.61. The fourth-order valence-corrected chi connectivity index (χ4v) is 3.96. The van der Waals surface area contributed by atoms with E-state index in [1.807, 2.05) is 48.0 Å². The maximum atomic E-state index is 13.1. The van der Waals surface area contributed by atoms with Gasteiger partial charge in [0.25, 0.3) is 0 Å². The van der Waals surface area contributed by atoms with E-state index in [0.29, 0.717) is 27.6 Å². The summed E-state index contributed by atoms with van der Waals surface area (Å²) in [5, 5.41) is 5.39. The van der Waals surface area contributed by atoms with Gasteiger partial charge in [-0.1, -0.05) is 35.3 Å². The second kappa shape index (κ2) is 6.01. The van der Waals surface area contributed by atoms with E-state index in [1.54, 1.807) is 10.6 Å². The van der Waals surface area contributed by atoms with Gasteiger partial charge in [-0.15, -0.1) is 0 Å². The van der Waals surface area contributed by atoms with Crippen molar-refractivity contribution in [2.24, 2.45) is 7.05 Å². The van der Waals surface area contributed by atoms with E-state index in [4.69, 9.17) is 23.2 Å². The number of nitrogens with one attached hydrogen (secondary N) is 1. The monoisotopic (exact) mass is 398 g/mol. The van der Waals surface area contributed by atoms with Crippen molar-refractivity contribution in [3.05, 3.63) is 63.0 Å². The lowest BCUT2D eigenvalue weighted by molar-refractivity contribution is 0.933. The molecule has 2 aromatic carbocycles. The summed E-state index contributed by atoms with van der Waals surface area (Å²) >= 11 is 12.7. The van der Waals surface area contributed by atoms with Crippen LogP contribution in [0.3, 0.4) is 0 Å². The van der Waals surface area contributed by atoms with E-state index in [0.717, 1.165) is 34.8 Å². The number of hydrogen-bond donors (Lipinski definition) is 1. The molecule has 2 heterocycles. The van der Waals surface area contributed by atoms with E-state index in [2.05, 4.69) is 10.3 Å². The van der Waals surface area contributed by atoms with Gasteiger partial charge in [-0.3, -0.25) is 4.57 Å². The Bertz CT molecular complexity index is 1270. The Morgan fingerprint density at radius 1 is 1.11 bits per heavy atom. The van der Waals surface area contributed by atoms with E-state index < -0.39 is 0 Å². The van der Waals surface area contributed by atoms with Gasteiger partial charge in [0.05, 0.1) is 21.7 Å². The van der Waals surface area contributed by atoms with Crippen molar-refractivity contribution in [3.63, 3.8) is 0 Å². The topological polar surface area (TPSA) is 51.9 Å². The van der Waals surface area contributed by atoms with Crippen LogP contribution >= 0.6 is 23.2 Å². The molecule has 0 bridgehead atoms. The van der Waals surface area contributed by atoms with Gasteiger partial charge < -0.3 is 9.88 Å². The Hall–Kier alpha value is -2.50. The SMILES string of the molecule is Cn1c2ccc(Cl)cc2c2c1c(NC1CC1)nc(=O)n2-c1ccccc1Cl. The quantitative estimate of drug-likeness (QED) is 0.541. The number of benzene rings is 2. The van der Waals surface area contributed by atoms with Crippen molar-refractivity contribution >= 4 is 51.0 Å². The van der Waals surface area contributed by atoms with Gasteiger partial charge in [-0.2, -0.15) is 4.98 Å². The van der Waals surface area contributed by atoms with Crippen LogP contribution in [0.4, 0.5) is 5.82 Å². The molecule has 0 spiro atoms. The number of nitrogens with zero attached hydrogens (tertiary/aromatic N) is 3. The second-order valence-corrected chi connectivity index (χ2v) is 7.71. The zero-order valence-corrected chi connectivity index (χ0v) is 16.1. The van der Waals surface area contributed by atoms with Crippen LogP contribution in [0.5, 0.6) is 0 Å². The molecular formula is C20H16Cl2N4O. The highest BCUT2D eigenvalue weighted by molar-refractivity contribution is 6.33. The highest BCUT2D eigenvalue weighted by atomic mass is 35.5. The van der Waals surface area contributed by atoms with E-state index >= 15 is 0 Å². The first-order valence-electron chi connectivity index (χ1n) is 8.77. The lowest BCUT2D eigenvalue weighted by Gasteiger charge is -2.13. The molecule has 0 radical (unpaired) electrons. The highest BCUT2D eigenvalue weighted by Crippen LogP contribution is 2.36. The van der Waals surface area contributed by atoms with Crippen LogP contribution in [0.15, 0.2) is 47.3 Å². The number of aromatic nitrogens is 3. The number of para-hydroxylation sites is 1. The summed E-state index contributed by atoms with van der Waals surface area (Å²) in [6, 6.07) is 13.3. The van der Waals surface area contributed by atoms with Gasteiger partial charge in [-0.25, -0.2) is 4.79 Å². The summed E-state index contributed by atoms with van der Waals surface area (Å²) in [5.41, 5.74) is 2.82. The molecule has 5 rings (SSSR count). The van der Waals surface area contributed by atoms with E-state index in [9.17, 15) is 4.79 Å². The molecule has 0 unspecified atom stereocenters. The molecule has 0 saturated heterocycles. The molecule has 4 aromatic rings. The van der Waals surface area contributed by atoms with Crippen molar-refractivity contribution in [2.75, 3.05) is 5.32 Å². The minimum absolute atomic E-state index is 0.369. The number of hydrogen-bond acceptors (Lipinski definition) is 3. The second-order valence-electron chi connectivity index (χ2n) is 6.87. The van der Waals surface area contributed by atoms with Gasteiger partial charge in [-0.05, 0) is 43.2 Å². The molecule has 27 heavy (non-hydrogen) atoms. The van der Waals surface area contributed by atoms with Crippen LogP contribution in [-0.2, 0) is 7.05 Å². The molecule has 1 fully saturated rings. The standard InChI is InChI=1S/C20H16Cl2N4O/c1-25-15-9-6-11(21)10-13(15)17-18(25)19(23-12-7-8-12)24-20(27)26(17)16-5-3-2-4-14(16)22/h2-6,9-10,12H,7-8H2,1H3,(H,23,24,27). The van der Waals surface area contributed by atoms with Gasteiger partial charge in [0, 0.05) is 23.5 Å². The average molecular weight is 399 g/mol. The Morgan fingerprint density at radius 2 is 1.89 bits per heavy atom. The van der Waals surface area contributed by atoms with Crippen molar-refractivity contribution in [1.82, 2.24) is 14.1 Å². The first kappa shape index (κ1) is 16.7. The molecule has 5 nitrogen and oxygen atoms in total. The van der Waals surface area contributed by atoms with Crippen molar-refractivity contribution in [2.45, 2.75) is 18.9 Å². The minimum atomic E-state index is -0.369. The highest BCUT2D eigenvalue weighted by Gasteiger charge is 2.26.